The summed E-state index contributed by atoms with van der Waals surface area (Å²) in [6.07, 6.45) is 1.29. The molecule has 8 nitrogen and oxygen atoms in total. The van der Waals surface area contributed by atoms with E-state index in [1.54, 1.807) is 18.3 Å². The number of para-hydroxylation sites is 1. The van der Waals surface area contributed by atoms with Gasteiger partial charge < -0.3 is 15.4 Å². The third kappa shape index (κ3) is 5.12. The van der Waals surface area contributed by atoms with Crippen molar-refractivity contribution in [3.8, 4) is 0 Å². The Morgan fingerprint density at radius 1 is 1.17 bits per heavy atom. The van der Waals surface area contributed by atoms with Crippen molar-refractivity contribution in [2.24, 2.45) is 0 Å². The van der Waals surface area contributed by atoms with Gasteiger partial charge in [0.2, 0.25) is 0 Å². The maximum atomic E-state index is 12.6. The van der Waals surface area contributed by atoms with Crippen LogP contribution in [0.15, 0.2) is 54.7 Å². The van der Waals surface area contributed by atoms with Crippen LogP contribution >= 0.6 is 12.2 Å². The zero-order valence-electron chi connectivity index (χ0n) is 16.8. The molecule has 3 rings (SSSR count). The van der Waals surface area contributed by atoms with Gasteiger partial charge in [0, 0.05) is 35.9 Å². The monoisotopic (exact) mass is 426 g/mol. The standard InChI is InChI=1S/C21H22N4O4S/c1-21(2,3)29-20(26)24-13-14(17-6-4-5-7-18(17)24)12-22-19(30)23-15-8-10-16(11-9-15)25(27)28/h4-11,13H,12H2,1-3H3,(H2,22,23,30). The lowest BCUT2D eigenvalue weighted by Gasteiger charge is -2.19. The molecule has 9 heteroatoms. The molecular weight excluding hydrogens is 404 g/mol. The Morgan fingerprint density at radius 3 is 2.47 bits per heavy atom. The van der Waals surface area contributed by atoms with Gasteiger partial charge >= 0.3 is 6.09 Å². The molecule has 0 atom stereocenters. The number of nitrogens with zero attached hydrogens (tertiary/aromatic N) is 2. The minimum Gasteiger partial charge on any atom is -0.443 e. The largest absolute Gasteiger partial charge is 0.443 e. The van der Waals surface area contributed by atoms with Crippen LogP contribution < -0.4 is 10.6 Å². The van der Waals surface area contributed by atoms with Gasteiger partial charge in [-0.25, -0.2) is 4.79 Å². The van der Waals surface area contributed by atoms with Gasteiger partial charge in [-0.2, -0.15) is 0 Å². The van der Waals surface area contributed by atoms with Gasteiger partial charge in [-0.05, 0) is 56.8 Å². The number of nitrogens with one attached hydrogen (secondary N) is 2. The molecule has 1 aromatic heterocycles. The number of fused-ring (bicyclic) bond motifs is 1. The molecule has 1 heterocycles. The van der Waals surface area contributed by atoms with E-state index in [0.29, 0.717) is 17.3 Å². The molecule has 0 amide bonds. The molecule has 0 bridgehead atoms. The zero-order valence-corrected chi connectivity index (χ0v) is 17.7. The van der Waals surface area contributed by atoms with Gasteiger partial charge in [-0.3, -0.25) is 14.7 Å². The third-order valence-electron chi connectivity index (χ3n) is 4.16. The Labute approximate surface area is 179 Å². The number of thiocarbonyl (C=S) groups is 1. The van der Waals surface area contributed by atoms with E-state index in [-0.39, 0.29) is 5.69 Å². The first-order valence-corrected chi connectivity index (χ1v) is 9.66. The number of nitro benzene ring substituents is 1. The number of hydrogen-bond acceptors (Lipinski definition) is 5. The molecule has 0 aliphatic heterocycles. The SMILES string of the molecule is CC(C)(C)OC(=O)n1cc(CNC(=S)Nc2ccc([N+](=O)[O-])cc2)c2ccccc21. The molecule has 0 aliphatic rings. The summed E-state index contributed by atoms with van der Waals surface area (Å²) in [5.41, 5.74) is 1.67. The molecule has 30 heavy (non-hydrogen) atoms. The van der Waals surface area contributed by atoms with Crippen LogP contribution in [0.3, 0.4) is 0 Å². The minimum atomic E-state index is -0.600. The van der Waals surface area contributed by atoms with E-state index in [1.807, 2.05) is 45.0 Å². The van der Waals surface area contributed by atoms with Crippen molar-refractivity contribution < 1.29 is 14.5 Å². The topological polar surface area (TPSA) is 98.4 Å². The number of ether oxygens (including phenoxy) is 1. The fraction of sp³-hybridized carbons (Fsp3) is 0.238. The lowest BCUT2D eigenvalue weighted by Crippen LogP contribution is -2.28. The second-order valence-corrected chi connectivity index (χ2v) is 8.04. The van der Waals surface area contributed by atoms with Crippen molar-refractivity contribution in [1.29, 1.82) is 0 Å². The molecular formula is C21H22N4O4S. The third-order valence-corrected chi connectivity index (χ3v) is 4.41. The van der Waals surface area contributed by atoms with Crippen molar-refractivity contribution in [2.75, 3.05) is 5.32 Å². The summed E-state index contributed by atoms with van der Waals surface area (Å²) >= 11 is 5.32. The van der Waals surface area contributed by atoms with Crippen molar-refractivity contribution in [2.45, 2.75) is 32.9 Å². The Morgan fingerprint density at radius 2 is 1.83 bits per heavy atom. The van der Waals surface area contributed by atoms with E-state index in [2.05, 4.69) is 10.6 Å². The van der Waals surface area contributed by atoms with E-state index in [0.717, 1.165) is 16.5 Å². The molecule has 2 N–H and O–H groups in total. The summed E-state index contributed by atoms with van der Waals surface area (Å²) in [4.78, 5) is 22.9. The van der Waals surface area contributed by atoms with Gasteiger partial charge in [0.15, 0.2) is 5.11 Å². The van der Waals surface area contributed by atoms with Crippen LogP contribution in [-0.2, 0) is 11.3 Å². The second kappa shape index (κ2) is 8.50. The van der Waals surface area contributed by atoms with Crippen molar-refractivity contribution in [1.82, 2.24) is 9.88 Å². The second-order valence-electron chi connectivity index (χ2n) is 7.63. The quantitative estimate of drug-likeness (QED) is 0.351. The number of carbonyl (C=O) groups excluding carboxylic acids is 1. The van der Waals surface area contributed by atoms with Crippen LogP contribution in [0, 0.1) is 10.1 Å². The molecule has 0 aliphatic carbocycles. The predicted octanol–water partition coefficient (Wildman–Crippen LogP) is 4.82. The van der Waals surface area contributed by atoms with Gasteiger partial charge in [0.1, 0.15) is 5.60 Å². The summed E-state index contributed by atoms with van der Waals surface area (Å²) in [5.74, 6) is 0. The first kappa shape index (κ1) is 21.3. The summed E-state index contributed by atoms with van der Waals surface area (Å²) in [5, 5.41) is 18.1. The van der Waals surface area contributed by atoms with Crippen molar-refractivity contribution >= 4 is 45.7 Å². The van der Waals surface area contributed by atoms with E-state index in [1.165, 1.54) is 16.7 Å². The van der Waals surface area contributed by atoms with E-state index < -0.39 is 16.6 Å². The number of carbonyl (C=O) groups is 1. The fourth-order valence-corrected chi connectivity index (χ4v) is 3.06. The van der Waals surface area contributed by atoms with E-state index in [4.69, 9.17) is 17.0 Å². The molecule has 3 aromatic rings. The number of nitro groups is 1. The highest BCUT2D eigenvalue weighted by Gasteiger charge is 2.20. The molecule has 156 valence electrons. The smallest absolute Gasteiger partial charge is 0.419 e. The Hall–Kier alpha value is -3.46. The maximum Gasteiger partial charge on any atom is 0.419 e. The van der Waals surface area contributed by atoms with Crippen molar-refractivity contribution in [3.63, 3.8) is 0 Å². The predicted molar refractivity (Wildman–Crippen MR) is 120 cm³/mol. The van der Waals surface area contributed by atoms with Crippen LogP contribution in [0.5, 0.6) is 0 Å². The molecule has 0 unspecified atom stereocenters. The zero-order chi connectivity index (χ0) is 21.9. The first-order chi connectivity index (χ1) is 14.1. The average molecular weight is 426 g/mol. The fourth-order valence-electron chi connectivity index (χ4n) is 2.87. The number of benzene rings is 2. The normalized spacial score (nSPS) is 11.2. The van der Waals surface area contributed by atoms with Gasteiger partial charge in [-0.15, -0.1) is 0 Å². The average Bonchev–Trinajstić information content (AvgIpc) is 3.04. The molecule has 2 aromatic carbocycles. The number of non-ortho nitro benzene ring substituents is 1. The van der Waals surface area contributed by atoms with Crippen LogP contribution in [0.2, 0.25) is 0 Å². The Kier molecular flexibility index (Phi) is 6.02. The van der Waals surface area contributed by atoms with Gasteiger partial charge in [0.25, 0.3) is 5.69 Å². The number of anilines is 1. The Balaban J connectivity index is 1.72. The van der Waals surface area contributed by atoms with Crippen LogP contribution in [0.1, 0.15) is 26.3 Å². The van der Waals surface area contributed by atoms with Crippen LogP contribution in [0.25, 0.3) is 10.9 Å². The Bertz CT molecular complexity index is 1100. The summed E-state index contributed by atoms with van der Waals surface area (Å²) in [6.45, 7) is 5.85. The summed E-state index contributed by atoms with van der Waals surface area (Å²) in [6, 6.07) is 13.5. The first-order valence-electron chi connectivity index (χ1n) is 9.26. The minimum absolute atomic E-state index is 0.00869. The lowest BCUT2D eigenvalue weighted by molar-refractivity contribution is -0.384. The molecule has 0 fully saturated rings. The van der Waals surface area contributed by atoms with Gasteiger partial charge in [-0.1, -0.05) is 18.2 Å². The highest BCUT2D eigenvalue weighted by atomic mass is 32.1. The summed E-state index contributed by atoms with van der Waals surface area (Å²) < 4.78 is 6.98. The lowest BCUT2D eigenvalue weighted by atomic mass is 10.2. The molecule has 0 spiro atoms. The van der Waals surface area contributed by atoms with Crippen LogP contribution in [0.4, 0.5) is 16.2 Å². The van der Waals surface area contributed by atoms with E-state index >= 15 is 0 Å². The maximum absolute atomic E-state index is 12.6. The summed E-state index contributed by atoms with van der Waals surface area (Å²) in [7, 11) is 0. The number of aromatic nitrogens is 1. The van der Waals surface area contributed by atoms with Crippen molar-refractivity contribution in [3.05, 3.63) is 70.4 Å². The van der Waals surface area contributed by atoms with E-state index in [9.17, 15) is 14.9 Å². The molecule has 0 radical (unpaired) electrons. The molecule has 0 saturated heterocycles. The molecule has 0 saturated carbocycles. The van der Waals surface area contributed by atoms with Crippen LogP contribution in [-0.4, -0.2) is 26.3 Å². The highest BCUT2D eigenvalue weighted by molar-refractivity contribution is 7.80. The number of hydrogen-bond donors (Lipinski definition) is 2. The number of rotatable bonds is 4. The highest BCUT2D eigenvalue weighted by Crippen LogP contribution is 2.23. The van der Waals surface area contributed by atoms with Gasteiger partial charge in [0.05, 0.1) is 10.4 Å².